The van der Waals surface area contributed by atoms with E-state index in [1.165, 1.54) is 0 Å². The first-order chi connectivity index (χ1) is 16.1. The molecule has 2 aliphatic rings. The van der Waals surface area contributed by atoms with E-state index in [1.807, 2.05) is 29.3 Å². The van der Waals surface area contributed by atoms with E-state index in [-0.39, 0.29) is 11.8 Å². The third-order valence-corrected chi connectivity index (χ3v) is 6.78. The van der Waals surface area contributed by atoms with Crippen LogP contribution in [0.3, 0.4) is 0 Å². The van der Waals surface area contributed by atoms with E-state index in [2.05, 4.69) is 20.0 Å². The van der Waals surface area contributed by atoms with E-state index in [0.717, 1.165) is 24.4 Å². The topological polar surface area (TPSA) is 95.2 Å². The summed E-state index contributed by atoms with van der Waals surface area (Å²) in [5.74, 6) is 1.13. The summed E-state index contributed by atoms with van der Waals surface area (Å²) in [6.07, 6.45) is 0.849. The van der Waals surface area contributed by atoms with E-state index in [4.69, 9.17) is 9.15 Å². The number of amides is 2. The summed E-state index contributed by atoms with van der Waals surface area (Å²) in [4.78, 5) is 34.5. The molecule has 0 saturated carbocycles. The fourth-order valence-electron chi connectivity index (χ4n) is 4.04. The highest BCUT2D eigenvalue weighted by molar-refractivity contribution is 7.13. The Labute approximate surface area is 198 Å². The minimum absolute atomic E-state index is 0.0424. The Balaban J connectivity index is 1.24. The van der Waals surface area contributed by atoms with Gasteiger partial charge in [-0.2, -0.15) is 0 Å². The first kappa shape index (κ1) is 23.8. The molecule has 10 nitrogen and oxygen atoms in total. The van der Waals surface area contributed by atoms with Gasteiger partial charge in [-0.15, -0.1) is 21.5 Å². The Morgan fingerprint density at radius 2 is 1.82 bits per heavy atom. The van der Waals surface area contributed by atoms with Crippen LogP contribution < -0.4 is 0 Å². The first-order valence-electron chi connectivity index (χ1n) is 11.6. The van der Waals surface area contributed by atoms with Gasteiger partial charge >= 0.3 is 0 Å². The zero-order chi connectivity index (χ0) is 23.0. The number of ether oxygens (including phenoxy) is 1. The van der Waals surface area contributed by atoms with Gasteiger partial charge in [-0.1, -0.05) is 13.0 Å². The van der Waals surface area contributed by atoms with Gasteiger partial charge in [-0.25, -0.2) is 0 Å². The molecule has 4 heterocycles. The maximum atomic E-state index is 13.0. The number of morpholine rings is 1. The molecule has 4 rings (SSSR count). The van der Waals surface area contributed by atoms with Crippen molar-refractivity contribution >= 4 is 23.2 Å². The predicted octanol–water partition coefficient (Wildman–Crippen LogP) is 1.01. The molecule has 0 aromatic carbocycles. The van der Waals surface area contributed by atoms with Crippen LogP contribution in [0, 0.1) is 0 Å². The third kappa shape index (κ3) is 6.59. The third-order valence-electron chi connectivity index (χ3n) is 5.92. The number of hydrogen-bond acceptors (Lipinski definition) is 9. The molecule has 11 heteroatoms. The van der Waals surface area contributed by atoms with Gasteiger partial charge in [0.1, 0.15) is 0 Å². The fourth-order valence-corrected chi connectivity index (χ4v) is 4.68. The average molecular weight is 477 g/mol. The summed E-state index contributed by atoms with van der Waals surface area (Å²) in [6, 6.07) is 3.87. The Morgan fingerprint density at radius 3 is 2.52 bits per heavy atom. The second-order valence-corrected chi connectivity index (χ2v) is 9.29. The summed E-state index contributed by atoms with van der Waals surface area (Å²) in [5, 5.41) is 10.2. The highest BCUT2D eigenvalue weighted by Gasteiger charge is 2.26. The molecule has 2 fully saturated rings. The maximum absolute atomic E-state index is 13.0. The van der Waals surface area contributed by atoms with Gasteiger partial charge in [0, 0.05) is 45.8 Å². The van der Waals surface area contributed by atoms with Gasteiger partial charge < -0.3 is 19.0 Å². The van der Waals surface area contributed by atoms with Gasteiger partial charge in [0.25, 0.3) is 5.89 Å². The Hall–Kier alpha value is -2.34. The zero-order valence-corrected chi connectivity index (χ0v) is 20.0. The molecular formula is C22H32N6O4S. The van der Waals surface area contributed by atoms with Crippen LogP contribution >= 0.6 is 11.3 Å². The Bertz CT molecular complexity index is 891. The van der Waals surface area contributed by atoms with E-state index in [0.29, 0.717) is 77.4 Å². The molecule has 2 aliphatic heterocycles. The lowest BCUT2D eigenvalue weighted by atomic mass is 10.2. The largest absolute Gasteiger partial charge is 0.418 e. The van der Waals surface area contributed by atoms with Crippen LogP contribution in [0.4, 0.5) is 0 Å². The lowest BCUT2D eigenvalue weighted by molar-refractivity contribution is -0.136. The monoisotopic (exact) mass is 476 g/mol. The standard InChI is InChI=1S/C22H32N6O4S/c1-2-5-28(15-19-23-24-22(32-19)18-4-3-14-33-18)21(30)17-25-6-8-27(9-7-25)20(29)16-26-10-12-31-13-11-26/h3-4,14H,2,5-13,15-17H2,1H3. The zero-order valence-electron chi connectivity index (χ0n) is 19.1. The van der Waals surface area contributed by atoms with E-state index < -0.39 is 0 Å². The summed E-state index contributed by atoms with van der Waals surface area (Å²) in [5.41, 5.74) is 0. The van der Waals surface area contributed by atoms with Gasteiger partial charge in [-0.05, 0) is 17.9 Å². The highest BCUT2D eigenvalue weighted by atomic mass is 32.1. The predicted molar refractivity (Wildman–Crippen MR) is 124 cm³/mol. The molecule has 0 atom stereocenters. The number of nitrogens with zero attached hydrogens (tertiary/aromatic N) is 6. The molecule has 0 radical (unpaired) electrons. The maximum Gasteiger partial charge on any atom is 0.257 e. The highest BCUT2D eigenvalue weighted by Crippen LogP contribution is 2.23. The summed E-state index contributed by atoms with van der Waals surface area (Å²) < 4.78 is 11.1. The van der Waals surface area contributed by atoms with E-state index >= 15 is 0 Å². The van der Waals surface area contributed by atoms with Crippen molar-refractivity contribution in [1.82, 2.24) is 29.8 Å². The number of aromatic nitrogens is 2. The van der Waals surface area contributed by atoms with Crippen molar-refractivity contribution in [1.29, 1.82) is 0 Å². The minimum Gasteiger partial charge on any atom is -0.418 e. The van der Waals surface area contributed by atoms with Gasteiger partial charge in [0.2, 0.25) is 17.7 Å². The molecule has 33 heavy (non-hydrogen) atoms. The van der Waals surface area contributed by atoms with Gasteiger partial charge in [0.15, 0.2) is 0 Å². The van der Waals surface area contributed by atoms with E-state index in [9.17, 15) is 9.59 Å². The molecule has 2 aromatic rings. The molecule has 180 valence electrons. The van der Waals surface area contributed by atoms with Crippen LogP contribution in [-0.2, 0) is 20.9 Å². The van der Waals surface area contributed by atoms with Crippen molar-refractivity contribution in [2.45, 2.75) is 19.9 Å². The van der Waals surface area contributed by atoms with Crippen LogP contribution in [0.1, 0.15) is 19.2 Å². The average Bonchev–Trinajstić information content (AvgIpc) is 3.52. The van der Waals surface area contributed by atoms with Gasteiger partial charge in [-0.3, -0.25) is 19.4 Å². The molecular weight excluding hydrogens is 444 g/mol. The summed E-state index contributed by atoms with van der Waals surface area (Å²) >= 11 is 1.54. The molecule has 0 aliphatic carbocycles. The second-order valence-electron chi connectivity index (χ2n) is 8.34. The van der Waals surface area contributed by atoms with Crippen LogP contribution in [0.15, 0.2) is 21.9 Å². The van der Waals surface area contributed by atoms with Crippen LogP contribution in [0.25, 0.3) is 10.8 Å². The summed E-state index contributed by atoms with van der Waals surface area (Å²) in [7, 11) is 0. The minimum atomic E-state index is 0.0424. The van der Waals surface area contributed by atoms with Crippen molar-refractivity contribution in [3.63, 3.8) is 0 Å². The molecule has 0 spiro atoms. The van der Waals surface area contributed by atoms with Crippen molar-refractivity contribution in [2.24, 2.45) is 0 Å². The molecule has 2 amide bonds. The van der Waals surface area contributed by atoms with Crippen LogP contribution in [-0.4, -0.2) is 114 Å². The number of carbonyl (C=O) groups excluding carboxylic acids is 2. The van der Waals surface area contributed by atoms with Crippen molar-refractivity contribution in [3.8, 4) is 10.8 Å². The normalized spacial score (nSPS) is 17.9. The smallest absolute Gasteiger partial charge is 0.257 e. The molecule has 0 bridgehead atoms. The number of piperazine rings is 1. The number of rotatable bonds is 9. The van der Waals surface area contributed by atoms with Crippen LogP contribution in [0.5, 0.6) is 0 Å². The van der Waals surface area contributed by atoms with Crippen molar-refractivity contribution in [2.75, 3.05) is 72.1 Å². The summed E-state index contributed by atoms with van der Waals surface area (Å²) in [6.45, 7) is 9.46. The number of hydrogen-bond donors (Lipinski definition) is 0. The number of carbonyl (C=O) groups is 2. The van der Waals surface area contributed by atoms with Crippen LogP contribution in [0.2, 0.25) is 0 Å². The quantitative estimate of drug-likeness (QED) is 0.529. The second kappa shape index (κ2) is 11.7. The molecule has 2 aromatic heterocycles. The number of thiophene rings is 1. The Morgan fingerprint density at radius 1 is 1.06 bits per heavy atom. The van der Waals surface area contributed by atoms with Crippen molar-refractivity contribution < 1.29 is 18.7 Å². The molecule has 0 N–H and O–H groups in total. The Kier molecular flexibility index (Phi) is 8.43. The van der Waals surface area contributed by atoms with E-state index in [1.54, 1.807) is 16.2 Å². The molecule has 0 unspecified atom stereocenters. The van der Waals surface area contributed by atoms with Crippen molar-refractivity contribution in [3.05, 3.63) is 23.4 Å². The first-order valence-corrected chi connectivity index (χ1v) is 12.4. The molecule has 2 saturated heterocycles. The lowest BCUT2D eigenvalue weighted by Gasteiger charge is -2.36. The fraction of sp³-hybridized carbons (Fsp3) is 0.636. The van der Waals surface area contributed by atoms with Gasteiger partial charge in [0.05, 0.1) is 37.7 Å². The lowest BCUT2D eigenvalue weighted by Crippen LogP contribution is -2.53. The SMILES string of the molecule is CCCN(Cc1nnc(-c2cccs2)o1)C(=O)CN1CCN(C(=O)CN2CCOCC2)CC1.